The van der Waals surface area contributed by atoms with E-state index in [9.17, 15) is 15.2 Å². The molecule has 0 spiro atoms. The van der Waals surface area contributed by atoms with Crippen LogP contribution in [0.1, 0.15) is 53.5 Å². The van der Waals surface area contributed by atoms with Gasteiger partial charge in [0.2, 0.25) is 0 Å². The first kappa shape index (κ1) is 21.1. The van der Waals surface area contributed by atoms with Crippen LogP contribution in [0.25, 0.3) is 5.57 Å². The van der Waals surface area contributed by atoms with Crippen molar-refractivity contribution >= 4 is 23.1 Å². The fraction of sp³-hybridized carbons (Fsp3) is 0.455. The highest BCUT2D eigenvalue weighted by atomic mass is 35.5. The van der Waals surface area contributed by atoms with Crippen molar-refractivity contribution in [1.29, 1.82) is 5.26 Å². The molecule has 1 aliphatic heterocycles. The normalized spacial score (nSPS) is 18.2. The van der Waals surface area contributed by atoms with E-state index in [-0.39, 0.29) is 17.2 Å². The summed E-state index contributed by atoms with van der Waals surface area (Å²) in [4.78, 5) is 14.3. The topological polar surface area (TPSA) is 64.3 Å². The first-order valence-electron chi connectivity index (χ1n) is 9.13. The number of benzene rings is 1. The second-order valence-electron chi connectivity index (χ2n) is 8.36. The van der Waals surface area contributed by atoms with E-state index >= 15 is 0 Å². The lowest BCUT2D eigenvalue weighted by Gasteiger charge is -2.48. The monoisotopic (exact) mass is 386 g/mol. The molecule has 1 aromatic rings. The van der Waals surface area contributed by atoms with E-state index in [4.69, 9.17) is 11.6 Å². The van der Waals surface area contributed by atoms with Crippen molar-refractivity contribution in [2.24, 2.45) is 5.92 Å². The van der Waals surface area contributed by atoms with E-state index in [0.29, 0.717) is 33.3 Å². The van der Waals surface area contributed by atoms with Crippen molar-refractivity contribution in [2.45, 2.75) is 59.5 Å². The Bertz CT molecular complexity index is 837. The Labute approximate surface area is 166 Å². The molecule has 0 saturated heterocycles. The minimum absolute atomic E-state index is 0.177. The number of allylic oxidation sites excluding steroid dienone is 1. The Kier molecular flexibility index (Phi) is 6.07. The van der Waals surface area contributed by atoms with Crippen LogP contribution >= 0.6 is 11.6 Å². The number of halogens is 1. The van der Waals surface area contributed by atoms with Gasteiger partial charge in [0.1, 0.15) is 0 Å². The van der Waals surface area contributed by atoms with Gasteiger partial charge in [-0.3, -0.25) is 0 Å². The lowest BCUT2D eigenvalue weighted by Crippen LogP contribution is -2.50. The maximum atomic E-state index is 12.2. The fourth-order valence-electron chi connectivity index (χ4n) is 3.91. The Hall–Kier alpha value is -2.25. The zero-order chi connectivity index (χ0) is 20.5. The summed E-state index contributed by atoms with van der Waals surface area (Å²) in [5.74, 6) is -0.670. The molecule has 1 aromatic carbocycles. The van der Waals surface area contributed by atoms with Crippen LogP contribution in [0.5, 0.6) is 0 Å². The number of carboxylic acids is 1. The summed E-state index contributed by atoms with van der Waals surface area (Å²) in [6, 6.07) is 9.17. The highest BCUT2D eigenvalue weighted by Gasteiger charge is 2.41. The number of nitrogens with zero attached hydrogens (tertiary/aromatic N) is 2. The van der Waals surface area contributed by atoms with Crippen LogP contribution in [0.3, 0.4) is 0 Å². The summed E-state index contributed by atoms with van der Waals surface area (Å²) in [5.41, 5.74) is 2.26. The molecule has 0 bridgehead atoms. The molecule has 0 radical (unpaired) electrons. The zero-order valence-electron chi connectivity index (χ0n) is 16.8. The maximum absolute atomic E-state index is 12.2. The Morgan fingerprint density at radius 2 is 1.85 bits per heavy atom. The summed E-state index contributed by atoms with van der Waals surface area (Å²) in [5, 5.41) is 20.6. The molecular weight excluding hydrogens is 360 g/mol. The molecule has 2 rings (SSSR count). The molecule has 0 amide bonds. The van der Waals surface area contributed by atoms with Crippen molar-refractivity contribution in [1.82, 2.24) is 4.90 Å². The summed E-state index contributed by atoms with van der Waals surface area (Å²) in [7, 11) is 0. The molecule has 144 valence electrons. The highest BCUT2D eigenvalue weighted by molar-refractivity contribution is 6.30. The molecule has 4 nitrogen and oxygen atoms in total. The number of rotatable bonds is 4. The quantitative estimate of drug-likeness (QED) is 0.741. The van der Waals surface area contributed by atoms with Crippen molar-refractivity contribution in [3.8, 4) is 6.07 Å². The number of aliphatic carboxylic acids is 1. The minimum atomic E-state index is -1.03. The molecule has 0 aliphatic carbocycles. The van der Waals surface area contributed by atoms with Crippen LogP contribution in [-0.2, 0) is 4.79 Å². The van der Waals surface area contributed by atoms with Crippen LogP contribution in [-0.4, -0.2) is 27.6 Å². The average Bonchev–Trinajstić information content (AvgIpc) is 2.52. The number of carbonyl (C=O) groups is 1. The summed E-state index contributed by atoms with van der Waals surface area (Å²) in [6.07, 6.45) is 0.765. The second kappa shape index (κ2) is 7.78. The minimum Gasteiger partial charge on any atom is -0.478 e. The Morgan fingerprint density at radius 3 is 2.26 bits per heavy atom. The molecule has 0 fully saturated rings. The molecule has 1 aliphatic rings. The lowest BCUT2D eigenvalue weighted by atomic mass is 9.80. The van der Waals surface area contributed by atoms with Gasteiger partial charge in [-0.1, -0.05) is 37.6 Å². The van der Waals surface area contributed by atoms with Crippen LogP contribution in [0.4, 0.5) is 0 Å². The first-order chi connectivity index (χ1) is 12.5. The predicted octanol–water partition coefficient (Wildman–Crippen LogP) is 5.50. The van der Waals surface area contributed by atoms with Crippen LogP contribution in [0, 0.1) is 17.2 Å². The van der Waals surface area contributed by atoms with Gasteiger partial charge in [-0.2, -0.15) is 5.26 Å². The SMILES string of the molecule is CC1=C(C(=O)O)C(c2ccc(Cl)cc2)=C(C#N)C(CC(C)C)N1C(C)(C)C. The molecule has 27 heavy (non-hydrogen) atoms. The van der Waals surface area contributed by atoms with E-state index in [2.05, 4.69) is 24.8 Å². The number of hydrogen-bond donors (Lipinski definition) is 1. The van der Waals surface area contributed by atoms with E-state index in [1.165, 1.54) is 0 Å². The predicted molar refractivity (Wildman–Crippen MR) is 109 cm³/mol. The standard InChI is InChI=1S/C22H27ClN2O2/c1-13(2)11-18-17(12-24)20(15-7-9-16(23)10-8-15)19(21(26)27)14(3)25(18)22(4,5)6/h7-10,13,18H,11H2,1-6H3,(H,26,27). The van der Waals surface area contributed by atoms with Gasteiger partial charge in [0.05, 0.1) is 23.3 Å². The summed E-state index contributed by atoms with van der Waals surface area (Å²) < 4.78 is 0. The van der Waals surface area contributed by atoms with Gasteiger partial charge < -0.3 is 10.0 Å². The Balaban J connectivity index is 2.86. The summed E-state index contributed by atoms with van der Waals surface area (Å²) in [6.45, 7) is 12.2. The molecular formula is C22H27ClN2O2. The van der Waals surface area contributed by atoms with Gasteiger partial charge in [-0.15, -0.1) is 0 Å². The van der Waals surface area contributed by atoms with Crippen molar-refractivity contribution in [3.63, 3.8) is 0 Å². The van der Waals surface area contributed by atoms with E-state index in [1.807, 2.05) is 27.7 Å². The van der Waals surface area contributed by atoms with E-state index in [1.54, 1.807) is 24.3 Å². The first-order valence-corrected chi connectivity index (χ1v) is 9.50. The molecule has 1 heterocycles. The molecule has 1 atom stereocenters. The van der Waals surface area contributed by atoms with Gasteiger partial charge in [-0.05, 0) is 57.7 Å². The fourth-order valence-corrected chi connectivity index (χ4v) is 4.04. The van der Waals surface area contributed by atoms with Gasteiger partial charge >= 0.3 is 5.97 Å². The number of nitriles is 1. The average molecular weight is 387 g/mol. The van der Waals surface area contributed by atoms with Crippen molar-refractivity contribution < 1.29 is 9.90 Å². The van der Waals surface area contributed by atoms with Crippen LogP contribution < -0.4 is 0 Å². The number of carboxylic acid groups (broad SMARTS) is 1. The highest BCUT2D eigenvalue weighted by Crippen LogP contribution is 2.43. The second-order valence-corrected chi connectivity index (χ2v) is 8.80. The maximum Gasteiger partial charge on any atom is 0.338 e. The van der Waals surface area contributed by atoms with Crippen LogP contribution in [0.2, 0.25) is 5.02 Å². The van der Waals surface area contributed by atoms with Crippen molar-refractivity contribution in [2.75, 3.05) is 0 Å². The van der Waals surface area contributed by atoms with Gasteiger partial charge in [0.25, 0.3) is 0 Å². The van der Waals surface area contributed by atoms with Gasteiger partial charge in [0, 0.05) is 21.8 Å². The van der Waals surface area contributed by atoms with E-state index in [0.717, 1.165) is 6.42 Å². The Morgan fingerprint density at radius 1 is 1.30 bits per heavy atom. The third kappa shape index (κ3) is 4.20. The van der Waals surface area contributed by atoms with Gasteiger partial charge in [0.15, 0.2) is 0 Å². The number of hydrogen-bond acceptors (Lipinski definition) is 3. The summed E-state index contributed by atoms with van der Waals surface area (Å²) >= 11 is 6.01. The van der Waals surface area contributed by atoms with Gasteiger partial charge in [-0.25, -0.2) is 4.79 Å². The molecule has 0 saturated carbocycles. The molecule has 0 aromatic heterocycles. The molecule has 1 unspecified atom stereocenters. The van der Waals surface area contributed by atoms with E-state index < -0.39 is 5.97 Å². The van der Waals surface area contributed by atoms with Crippen LogP contribution in [0.15, 0.2) is 41.1 Å². The molecule has 1 N–H and O–H groups in total. The largest absolute Gasteiger partial charge is 0.478 e. The molecule has 5 heteroatoms. The zero-order valence-corrected chi connectivity index (χ0v) is 17.6. The van der Waals surface area contributed by atoms with Crippen molar-refractivity contribution in [3.05, 3.63) is 51.7 Å². The smallest absolute Gasteiger partial charge is 0.338 e. The third-order valence-corrected chi connectivity index (χ3v) is 5.02. The lowest BCUT2D eigenvalue weighted by molar-refractivity contribution is -0.132. The third-order valence-electron chi connectivity index (χ3n) is 4.77.